The molecule has 0 spiro atoms. The lowest BCUT2D eigenvalue weighted by Crippen LogP contribution is -2.31. The second-order valence-corrected chi connectivity index (χ2v) is 5.29. The first kappa shape index (κ1) is 14.7. The van der Waals surface area contributed by atoms with Crippen LogP contribution < -0.4 is 10.9 Å². The van der Waals surface area contributed by atoms with Crippen LogP contribution in [0.2, 0.25) is 0 Å². The number of rotatable bonds is 6. The monoisotopic (exact) mass is 273 g/mol. The Balaban J connectivity index is 2.24. The molecular formula is C16H23N3O. The van der Waals surface area contributed by atoms with E-state index in [1.165, 1.54) is 0 Å². The quantitative estimate of drug-likeness (QED) is 0.879. The normalized spacial score (nSPS) is 12.8. The smallest absolute Gasteiger partial charge is 0.272 e. The van der Waals surface area contributed by atoms with Crippen molar-refractivity contribution in [3.63, 3.8) is 0 Å². The molecule has 0 fully saturated rings. The van der Waals surface area contributed by atoms with Crippen molar-refractivity contribution in [1.82, 2.24) is 14.9 Å². The summed E-state index contributed by atoms with van der Waals surface area (Å²) in [4.78, 5) is 16.7. The summed E-state index contributed by atoms with van der Waals surface area (Å²) in [5.74, 6) is 0. The highest BCUT2D eigenvalue weighted by Crippen LogP contribution is 2.10. The fourth-order valence-corrected chi connectivity index (χ4v) is 2.36. The third-order valence-corrected chi connectivity index (χ3v) is 3.54. The predicted octanol–water partition coefficient (Wildman–Crippen LogP) is 2.48. The van der Waals surface area contributed by atoms with Crippen molar-refractivity contribution in [3.8, 4) is 0 Å². The van der Waals surface area contributed by atoms with Gasteiger partial charge in [0.1, 0.15) is 5.69 Å². The van der Waals surface area contributed by atoms with Crippen LogP contribution in [0.3, 0.4) is 0 Å². The Morgan fingerprint density at radius 2 is 2.10 bits per heavy atom. The van der Waals surface area contributed by atoms with Crippen LogP contribution >= 0.6 is 0 Å². The molecule has 1 aromatic heterocycles. The lowest BCUT2D eigenvalue weighted by atomic mass is 10.2. The molecule has 0 saturated heterocycles. The molecule has 0 saturated carbocycles. The van der Waals surface area contributed by atoms with E-state index in [0.717, 1.165) is 37.0 Å². The molecule has 0 aliphatic rings. The van der Waals surface area contributed by atoms with Crippen molar-refractivity contribution < 1.29 is 0 Å². The van der Waals surface area contributed by atoms with Crippen molar-refractivity contribution in [1.29, 1.82) is 0 Å². The Labute approximate surface area is 119 Å². The number of nitrogens with one attached hydrogen (secondary N) is 1. The molecule has 108 valence electrons. The second kappa shape index (κ2) is 6.66. The molecule has 1 atom stereocenters. The molecular weight excluding hydrogens is 250 g/mol. The van der Waals surface area contributed by atoms with Gasteiger partial charge in [-0.2, -0.15) is 0 Å². The van der Waals surface area contributed by atoms with Gasteiger partial charge in [-0.25, -0.2) is 4.98 Å². The molecule has 0 amide bonds. The van der Waals surface area contributed by atoms with Gasteiger partial charge >= 0.3 is 0 Å². The van der Waals surface area contributed by atoms with Crippen LogP contribution in [-0.4, -0.2) is 22.1 Å². The van der Waals surface area contributed by atoms with Gasteiger partial charge in [0.2, 0.25) is 0 Å². The molecule has 0 bridgehead atoms. The first-order valence-electron chi connectivity index (χ1n) is 7.33. The van der Waals surface area contributed by atoms with E-state index in [-0.39, 0.29) is 5.56 Å². The number of aromatic nitrogens is 2. The van der Waals surface area contributed by atoms with Crippen LogP contribution in [-0.2, 0) is 6.54 Å². The lowest BCUT2D eigenvalue weighted by molar-refractivity contribution is 0.476. The van der Waals surface area contributed by atoms with Crippen LogP contribution in [0.25, 0.3) is 11.0 Å². The fourth-order valence-electron chi connectivity index (χ4n) is 2.36. The van der Waals surface area contributed by atoms with Crippen LogP contribution in [0.4, 0.5) is 0 Å². The molecule has 1 heterocycles. The molecule has 4 heteroatoms. The maximum Gasteiger partial charge on any atom is 0.272 e. The van der Waals surface area contributed by atoms with Crippen LogP contribution in [0.5, 0.6) is 0 Å². The second-order valence-electron chi connectivity index (χ2n) is 5.29. The molecule has 0 aliphatic heterocycles. The van der Waals surface area contributed by atoms with E-state index < -0.39 is 0 Å². The third kappa shape index (κ3) is 3.25. The Morgan fingerprint density at radius 1 is 1.35 bits per heavy atom. The average Bonchev–Trinajstić information content (AvgIpc) is 2.45. The highest BCUT2D eigenvalue weighted by molar-refractivity contribution is 5.74. The number of fused-ring (bicyclic) bond motifs is 1. The average molecular weight is 273 g/mol. The zero-order valence-electron chi connectivity index (χ0n) is 12.5. The summed E-state index contributed by atoms with van der Waals surface area (Å²) in [5.41, 5.74) is 2.40. The van der Waals surface area contributed by atoms with Gasteiger partial charge in [-0.3, -0.25) is 4.79 Å². The minimum atomic E-state index is 0.0198. The molecule has 0 radical (unpaired) electrons. The van der Waals surface area contributed by atoms with Gasteiger partial charge < -0.3 is 9.88 Å². The first-order valence-corrected chi connectivity index (χ1v) is 7.33. The van der Waals surface area contributed by atoms with Gasteiger partial charge in [0.15, 0.2) is 0 Å². The Bertz CT molecular complexity index is 633. The summed E-state index contributed by atoms with van der Waals surface area (Å²) in [6.07, 6.45) is 2.06. The number of benzene rings is 1. The van der Waals surface area contributed by atoms with Crippen LogP contribution in [0, 0.1) is 6.92 Å². The third-order valence-electron chi connectivity index (χ3n) is 3.54. The van der Waals surface area contributed by atoms with Gasteiger partial charge in [-0.05, 0) is 45.4 Å². The molecule has 1 N–H and O–H groups in total. The number of hydrogen-bond acceptors (Lipinski definition) is 3. The number of aryl methyl sites for hydroxylation is 2. The fraction of sp³-hybridized carbons (Fsp3) is 0.500. The molecule has 20 heavy (non-hydrogen) atoms. The highest BCUT2D eigenvalue weighted by Gasteiger charge is 2.09. The topological polar surface area (TPSA) is 46.9 Å². The van der Waals surface area contributed by atoms with Crippen LogP contribution in [0.1, 0.15) is 32.4 Å². The molecule has 1 unspecified atom stereocenters. The van der Waals surface area contributed by atoms with Crippen molar-refractivity contribution in [2.45, 2.75) is 46.2 Å². The zero-order chi connectivity index (χ0) is 14.5. The van der Waals surface area contributed by atoms with E-state index in [0.29, 0.717) is 11.7 Å². The van der Waals surface area contributed by atoms with Crippen molar-refractivity contribution in [3.05, 3.63) is 40.3 Å². The summed E-state index contributed by atoms with van der Waals surface area (Å²) in [7, 11) is 0. The summed E-state index contributed by atoms with van der Waals surface area (Å²) < 4.78 is 1.85. The van der Waals surface area contributed by atoms with Gasteiger partial charge in [0, 0.05) is 12.6 Å². The summed E-state index contributed by atoms with van der Waals surface area (Å²) in [6, 6.07) is 8.24. The zero-order valence-corrected chi connectivity index (χ0v) is 12.5. The number of nitrogens with zero attached hydrogens (tertiary/aromatic N) is 2. The lowest BCUT2D eigenvalue weighted by Gasteiger charge is -2.15. The molecule has 2 aromatic rings. The van der Waals surface area contributed by atoms with Crippen molar-refractivity contribution >= 4 is 11.0 Å². The van der Waals surface area contributed by atoms with E-state index >= 15 is 0 Å². The van der Waals surface area contributed by atoms with E-state index in [2.05, 4.69) is 24.1 Å². The highest BCUT2D eigenvalue weighted by atomic mass is 16.1. The minimum Gasteiger partial charge on any atom is -0.314 e. The predicted molar refractivity (Wildman–Crippen MR) is 83.1 cm³/mol. The van der Waals surface area contributed by atoms with E-state index in [1.54, 1.807) is 6.92 Å². The van der Waals surface area contributed by atoms with Crippen molar-refractivity contribution in [2.24, 2.45) is 0 Å². The van der Waals surface area contributed by atoms with Crippen LogP contribution in [0.15, 0.2) is 29.1 Å². The standard InChI is InChI=1S/C16H23N3O/c1-4-10-17-12(2)9-11-19-15-8-6-5-7-14(15)18-13(3)16(19)20/h5-8,12,17H,4,9-11H2,1-3H3. The Kier molecular flexibility index (Phi) is 4.90. The summed E-state index contributed by atoms with van der Waals surface area (Å²) in [6.45, 7) is 7.84. The minimum absolute atomic E-state index is 0.0198. The summed E-state index contributed by atoms with van der Waals surface area (Å²) >= 11 is 0. The molecule has 4 nitrogen and oxygen atoms in total. The van der Waals surface area contributed by atoms with Gasteiger partial charge in [-0.1, -0.05) is 19.1 Å². The van der Waals surface area contributed by atoms with E-state index in [9.17, 15) is 4.79 Å². The number of para-hydroxylation sites is 2. The van der Waals surface area contributed by atoms with E-state index in [4.69, 9.17) is 0 Å². The Morgan fingerprint density at radius 3 is 2.85 bits per heavy atom. The molecule has 1 aromatic carbocycles. The Hall–Kier alpha value is -1.68. The SMILES string of the molecule is CCCNC(C)CCn1c(=O)c(C)nc2ccccc21. The van der Waals surface area contributed by atoms with Crippen molar-refractivity contribution in [2.75, 3.05) is 6.54 Å². The maximum atomic E-state index is 12.3. The van der Waals surface area contributed by atoms with Gasteiger partial charge in [0.25, 0.3) is 5.56 Å². The molecule has 2 rings (SSSR count). The number of hydrogen-bond donors (Lipinski definition) is 1. The first-order chi connectivity index (χ1) is 9.63. The maximum absolute atomic E-state index is 12.3. The van der Waals surface area contributed by atoms with E-state index in [1.807, 2.05) is 28.8 Å². The summed E-state index contributed by atoms with van der Waals surface area (Å²) in [5, 5.41) is 3.45. The van der Waals surface area contributed by atoms with Gasteiger partial charge in [-0.15, -0.1) is 0 Å². The van der Waals surface area contributed by atoms with Gasteiger partial charge in [0.05, 0.1) is 11.0 Å². The largest absolute Gasteiger partial charge is 0.314 e. The molecule has 0 aliphatic carbocycles.